The smallest absolute Gasteiger partial charge is 0.323 e. The lowest BCUT2D eigenvalue weighted by molar-refractivity contribution is -0.128. The Morgan fingerprint density at radius 2 is 1.85 bits per heavy atom. The number of carbonyl (C=O) groups excluding carboxylic acids is 3. The Bertz CT molecular complexity index is 921. The summed E-state index contributed by atoms with van der Waals surface area (Å²) in [6.45, 7) is -0.535. The number of halogens is 1. The molecule has 0 spiro atoms. The van der Waals surface area contributed by atoms with Gasteiger partial charge in [-0.05, 0) is 36.4 Å². The van der Waals surface area contributed by atoms with Gasteiger partial charge in [-0.1, -0.05) is 28.1 Å². The van der Waals surface area contributed by atoms with Gasteiger partial charge in [0.1, 0.15) is 19.2 Å². The fourth-order valence-corrected chi connectivity index (χ4v) is 2.81. The molecule has 3 rings (SSSR count). The van der Waals surface area contributed by atoms with E-state index in [2.05, 4.69) is 21.2 Å². The molecular formula is C18H13BrN4O3. The van der Waals surface area contributed by atoms with Gasteiger partial charge >= 0.3 is 6.03 Å². The minimum absolute atomic E-state index is 0.122. The molecule has 1 heterocycles. The molecular weight excluding hydrogens is 400 g/mol. The molecule has 0 atom stereocenters. The monoisotopic (exact) mass is 412 g/mol. The molecule has 1 aliphatic heterocycles. The summed E-state index contributed by atoms with van der Waals surface area (Å²) in [6.07, 6.45) is 0. The van der Waals surface area contributed by atoms with Crippen LogP contribution in [0.5, 0.6) is 0 Å². The number of benzene rings is 2. The summed E-state index contributed by atoms with van der Waals surface area (Å²) in [7, 11) is 0. The first-order valence-corrected chi connectivity index (χ1v) is 8.45. The molecule has 8 heteroatoms. The molecule has 0 bridgehead atoms. The van der Waals surface area contributed by atoms with Crippen LogP contribution in [-0.4, -0.2) is 35.8 Å². The quantitative estimate of drug-likeness (QED) is 0.781. The lowest BCUT2D eigenvalue weighted by atomic mass is 10.2. The highest BCUT2D eigenvalue weighted by atomic mass is 79.9. The van der Waals surface area contributed by atoms with E-state index < -0.39 is 24.4 Å². The first-order chi connectivity index (χ1) is 12.5. The lowest BCUT2D eigenvalue weighted by Crippen LogP contribution is -2.39. The predicted molar refractivity (Wildman–Crippen MR) is 98.4 cm³/mol. The largest absolute Gasteiger partial charge is 0.332 e. The number of nitrogens with zero attached hydrogens (tertiary/aromatic N) is 3. The van der Waals surface area contributed by atoms with E-state index in [9.17, 15) is 14.4 Å². The highest BCUT2D eigenvalue weighted by molar-refractivity contribution is 9.10. The van der Waals surface area contributed by atoms with Crippen molar-refractivity contribution in [2.75, 3.05) is 23.3 Å². The number of anilines is 2. The van der Waals surface area contributed by atoms with E-state index in [0.29, 0.717) is 16.9 Å². The van der Waals surface area contributed by atoms with Crippen LogP contribution in [0.25, 0.3) is 0 Å². The second-order valence-electron chi connectivity index (χ2n) is 5.53. The molecule has 0 unspecified atom stereocenters. The number of para-hydroxylation sites is 1. The third kappa shape index (κ3) is 3.58. The zero-order chi connectivity index (χ0) is 18.7. The summed E-state index contributed by atoms with van der Waals surface area (Å²) in [6, 6.07) is 14.9. The number of imide groups is 1. The molecule has 4 amide bonds. The Kier molecular flexibility index (Phi) is 5.00. The lowest BCUT2D eigenvalue weighted by Gasteiger charge is -2.17. The zero-order valence-corrected chi connectivity index (χ0v) is 15.1. The van der Waals surface area contributed by atoms with Crippen LogP contribution in [0.1, 0.15) is 5.56 Å². The molecule has 1 saturated heterocycles. The van der Waals surface area contributed by atoms with E-state index in [0.717, 1.165) is 9.37 Å². The van der Waals surface area contributed by atoms with Crippen molar-refractivity contribution >= 4 is 45.2 Å². The average molecular weight is 413 g/mol. The van der Waals surface area contributed by atoms with Gasteiger partial charge in [0, 0.05) is 10.2 Å². The second-order valence-corrected chi connectivity index (χ2v) is 6.45. The Hall–Kier alpha value is -3.18. The molecule has 7 nitrogen and oxygen atoms in total. The van der Waals surface area contributed by atoms with Crippen molar-refractivity contribution < 1.29 is 14.4 Å². The van der Waals surface area contributed by atoms with E-state index in [1.807, 2.05) is 6.07 Å². The van der Waals surface area contributed by atoms with Gasteiger partial charge in [-0.15, -0.1) is 0 Å². The Balaban J connectivity index is 1.70. The molecule has 1 fully saturated rings. The zero-order valence-electron chi connectivity index (χ0n) is 13.5. The second kappa shape index (κ2) is 7.37. The number of nitriles is 1. The SMILES string of the molecule is N#Cc1ccccc1NC(=O)CN1C(=O)CN(c2ccc(Br)cc2)C1=O. The number of rotatable bonds is 4. The Morgan fingerprint density at radius 1 is 1.15 bits per heavy atom. The van der Waals surface area contributed by atoms with E-state index in [-0.39, 0.29) is 6.54 Å². The number of nitrogens with one attached hydrogen (secondary N) is 1. The minimum Gasteiger partial charge on any atom is -0.323 e. The molecule has 0 aliphatic carbocycles. The van der Waals surface area contributed by atoms with Crippen molar-refractivity contribution in [3.63, 3.8) is 0 Å². The van der Waals surface area contributed by atoms with E-state index in [1.165, 1.54) is 4.90 Å². The Labute approximate surface area is 157 Å². The molecule has 26 heavy (non-hydrogen) atoms. The average Bonchev–Trinajstić information content (AvgIpc) is 2.91. The van der Waals surface area contributed by atoms with Crippen LogP contribution in [-0.2, 0) is 9.59 Å². The summed E-state index contributed by atoms with van der Waals surface area (Å²) < 4.78 is 0.853. The van der Waals surface area contributed by atoms with Gasteiger partial charge in [-0.2, -0.15) is 5.26 Å². The van der Waals surface area contributed by atoms with Crippen LogP contribution in [0.3, 0.4) is 0 Å². The van der Waals surface area contributed by atoms with Gasteiger partial charge in [0.05, 0.1) is 11.3 Å². The first kappa shape index (κ1) is 17.6. The van der Waals surface area contributed by atoms with Crippen molar-refractivity contribution in [3.8, 4) is 6.07 Å². The summed E-state index contributed by atoms with van der Waals surface area (Å²) in [5, 5.41) is 11.6. The van der Waals surface area contributed by atoms with Crippen LogP contribution in [0.2, 0.25) is 0 Å². The predicted octanol–water partition coefficient (Wildman–Crippen LogP) is 2.73. The molecule has 2 aromatic carbocycles. The van der Waals surface area contributed by atoms with Crippen LogP contribution in [0.15, 0.2) is 53.0 Å². The fraction of sp³-hybridized carbons (Fsp3) is 0.111. The molecule has 1 aliphatic rings. The van der Waals surface area contributed by atoms with Crippen LogP contribution >= 0.6 is 15.9 Å². The van der Waals surface area contributed by atoms with Crippen LogP contribution < -0.4 is 10.2 Å². The summed E-state index contributed by atoms with van der Waals surface area (Å²) in [5.41, 5.74) is 1.21. The van der Waals surface area contributed by atoms with Crippen molar-refractivity contribution in [1.29, 1.82) is 5.26 Å². The number of hydrogen-bond acceptors (Lipinski definition) is 4. The Morgan fingerprint density at radius 3 is 2.54 bits per heavy atom. The maximum atomic E-state index is 12.5. The molecule has 2 aromatic rings. The van der Waals surface area contributed by atoms with Crippen molar-refractivity contribution in [1.82, 2.24) is 4.90 Å². The number of hydrogen-bond donors (Lipinski definition) is 1. The molecule has 1 N–H and O–H groups in total. The van der Waals surface area contributed by atoms with Gasteiger partial charge in [0.15, 0.2) is 0 Å². The standard InChI is InChI=1S/C18H13BrN4O3/c19-13-5-7-14(8-6-13)22-11-17(25)23(18(22)26)10-16(24)21-15-4-2-1-3-12(15)9-20/h1-8H,10-11H2,(H,21,24). The topological polar surface area (TPSA) is 93.5 Å². The maximum absolute atomic E-state index is 12.5. The highest BCUT2D eigenvalue weighted by Gasteiger charge is 2.37. The van der Waals surface area contributed by atoms with Gasteiger partial charge in [-0.3, -0.25) is 19.4 Å². The van der Waals surface area contributed by atoms with Crippen LogP contribution in [0.4, 0.5) is 16.2 Å². The van der Waals surface area contributed by atoms with Crippen molar-refractivity contribution in [2.24, 2.45) is 0 Å². The maximum Gasteiger partial charge on any atom is 0.332 e. The normalized spacial score (nSPS) is 13.7. The van der Waals surface area contributed by atoms with E-state index >= 15 is 0 Å². The van der Waals surface area contributed by atoms with Gasteiger partial charge in [0.25, 0.3) is 5.91 Å². The van der Waals surface area contributed by atoms with Gasteiger partial charge in [-0.25, -0.2) is 4.79 Å². The fourth-order valence-electron chi connectivity index (χ4n) is 2.54. The third-order valence-electron chi connectivity index (χ3n) is 3.82. The van der Waals surface area contributed by atoms with Gasteiger partial charge < -0.3 is 5.32 Å². The first-order valence-electron chi connectivity index (χ1n) is 7.66. The third-order valence-corrected chi connectivity index (χ3v) is 4.35. The van der Waals surface area contributed by atoms with E-state index in [1.54, 1.807) is 48.5 Å². The molecule has 0 radical (unpaired) electrons. The number of carbonyl (C=O) groups is 3. The minimum atomic E-state index is -0.555. The summed E-state index contributed by atoms with van der Waals surface area (Å²) in [5.74, 6) is -1.01. The summed E-state index contributed by atoms with van der Waals surface area (Å²) >= 11 is 3.31. The number of amides is 4. The molecule has 0 aromatic heterocycles. The molecule has 130 valence electrons. The molecule has 0 saturated carbocycles. The van der Waals surface area contributed by atoms with Crippen LogP contribution in [0, 0.1) is 11.3 Å². The number of urea groups is 1. The summed E-state index contributed by atoms with van der Waals surface area (Å²) in [4.78, 5) is 39.1. The van der Waals surface area contributed by atoms with Gasteiger partial charge in [0.2, 0.25) is 5.91 Å². The highest BCUT2D eigenvalue weighted by Crippen LogP contribution is 2.23. The van der Waals surface area contributed by atoms with Crippen molar-refractivity contribution in [2.45, 2.75) is 0 Å². The van der Waals surface area contributed by atoms with E-state index in [4.69, 9.17) is 5.26 Å². The van der Waals surface area contributed by atoms with Crippen molar-refractivity contribution in [3.05, 3.63) is 58.6 Å².